The van der Waals surface area contributed by atoms with E-state index in [1.54, 1.807) is 0 Å². The Kier molecular flexibility index (Phi) is 4.61. The summed E-state index contributed by atoms with van der Waals surface area (Å²) >= 11 is 6.32. The highest BCUT2D eigenvalue weighted by molar-refractivity contribution is 6.31. The number of benzene rings is 1. The van der Waals surface area contributed by atoms with Crippen molar-refractivity contribution in [3.05, 3.63) is 52.3 Å². The molecule has 1 N–H and O–H groups in total. The zero-order valence-electron chi connectivity index (χ0n) is 11.3. The molecule has 19 heavy (non-hydrogen) atoms. The summed E-state index contributed by atoms with van der Waals surface area (Å²) in [5.41, 5.74) is 2.98. The van der Waals surface area contributed by atoms with Crippen LogP contribution in [-0.4, -0.2) is 21.5 Å². The number of aliphatic hydroxyl groups excluding tert-OH is 1. The lowest BCUT2D eigenvalue weighted by atomic mass is 9.95. The summed E-state index contributed by atoms with van der Waals surface area (Å²) in [7, 11) is 0. The molecule has 0 saturated carbocycles. The number of hydrogen-bond acceptors (Lipinski definition) is 2. The Hall–Kier alpha value is -1.32. The monoisotopic (exact) mass is 278 g/mol. The van der Waals surface area contributed by atoms with Crippen LogP contribution in [0.15, 0.2) is 30.3 Å². The summed E-state index contributed by atoms with van der Waals surface area (Å²) in [6.07, 6.45) is 0.702. The Morgan fingerprint density at radius 3 is 2.58 bits per heavy atom. The summed E-state index contributed by atoms with van der Waals surface area (Å²) < 4.78 is 1.92. The van der Waals surface area contributed by atoms with E-state index >= 15 is 0 Å². The first kappa shape index (κ1) is 14.1. The SMILES string of the molecule is CCn1nc(C)c(Cl)c1CC(CO)c1ccccc1. The molecule has 0 bridgehead atoms. The number of rotatable bonds is 5. The van der Waals surface area contributed by atoms with Crippen molar-refractivity contribution >= 4 is 11.6 Å². The van der Waals surface area contributed by atoms with Gasteiger partial charge in [0.05, 0.1) is 23.0 Å². The Balaban J connectivity index is 2.29. The van der Waals surface area contributed by atoms with Gasteiger partial charge in [-0.15, -0.1) is 0 Å². The van der Waals surface area contributed by atoms with Gasteiger partial charge in [0.25, 0.3) is 0 Å². The van der Waals surface area contributed by atoms with Crippen LogP contribution in [0.4, 0.5) is 0 Å². The summed E-state index contributed by atoms with van der Waals surface area (Å²) in [4.78, 5) is 0. The molecule has 0 aliphatic heterocycles. The van der Waals surface area contributed by atoms with Gasteiger partial charge in [-0.25, -0.2) is 0 Å². The third kappa shape index (κ3) is 2.99. The molecule has 1 aromatic carbocycles. The van der Waals surface area contributed by atoms with Crippen molar-refractivity contribution in [2.75, 3.05) is 6.61 Å². The third-order valence-electron chi connectivity index (χ3n) is 3.38. The Labute approximate surface area is 118 Å². The van der Waals surface area contributed by atoms with Gasteiger partial charge in [0.15, 0.2) is 0 Å². The molecule has 4 heteroatoms. The maximum atomic E-state index is 9.63. The molecule has 0 radical (unpaired) electrons. The van der Waals surface area contributed by atoms with Crippen LogP contribution < -0.4 is 0 Å². The smallest absolute Gasteiger partial charge is 0.0847 e. The van der Waals surface area contributed by atoms with E-state index in [1.807, 2.05) is 48.9 Å². The second-order valence-corrected chi connectivity index (χ2v) is 5.03. The zero-order chi connectivity index (χ0) is 13.8. The van der Waals surface area contributed by atoms with Gasteiger partial charge < -0.3 is 5.11 Å². The fourth-order valence-electron chi connectivity index (χ4n) is 2.31. The third-order valence-corrected chi connectivity index (χ3v) is 3.88. The molecule has 0 saturated heterocycles. The van der Waals surface area contributed by atoms with E-state index in [-0.39, 0.29) is 12.5 Å². The second-order valence-electron chi connectivity index (χ2n) is 4.66. The molecule has 2 rings (SSSR count). The van der Waals surface area contributed by atoms with Crippen LogP contribution >= 0.6 is 11.6 Å². The lowest BCUT2D eigenvalue weighted by Crippen LogP contribution is -2.12. The normalized spacial score (nSPS) is 12.6. The topological polar surface area (TPSA) is 38.0 Å². The van der Waals surface area contributed by atoms with Crippen LogP contribution in [0.2, 0.25) is 5.02 Å². The predicted octanol–water partition coefficient (Wildman–Crippen LogP) is 3.18. The highest BCUT2D eigenvalue weighted by Gasteiger charge is 2.18. The highest BCUT2D eigenvalue weighted by Crippen LogP contribution is 2.27. The lowest BCUT2D eigenvalue weighted by molar-refractivity contribution is 0.262. The zero-order valence-corrected chi connectivity index (χ0v) is 12.1. The Bertz CT molecular complexity index is 537. The number of aromatic nitrogens is 2. The van der Waals surface area contributed by atoms with E-state index in [9.17, 15) is 5.11 Å². The van der Waals surface area contributed by atoms with Gasteiger partial charge in [0.1, 0.15) is 0 Å². The van der Waals surface area contributed by atoms with Gasteiger partial charge in [-0.3, -0.25) is 4.68 Å². The van der Waals surface area contributed by atoms with Crippen molar-refractivity contribution in [2.45, 2.75) is 32.7 Å². The summed E-state index contributed by atoms with van der Waals surface area (Å²) in [5.74, 6) is 0.0556. The van der Waals surface area contributed by atoms with Crippen molar-refractivity contribution in [1.82, 2.24) is 9.78 Å². The highest BCUT2D eigenvalue weighted by atomic mass is 35.5. The molecule has 1 aromatic heterocycles. The van der Waals surface area contributed by atoms with Crippen molar-refractivity contribution < 1.29 is 5.11 Å². The lowest BCUT2D eigenvalue weighted by Gasteiger charge is -2.15. The fourth-order valence-corrected chi connectivity index (χ4v) is 2.52. The average molecular weight is 279 g/mol. The molecular weight excluding hydrogens is 260 g/mol. The van der Waals surface area contributed by atoms with E-state index in [1.165, 1.54) is 0 Å². The fraction of sp³-hybridized carbons (Fsp3) is 0.400. The first-order chi connectivity index (χ1) is 9.17. The number of aliphatic hydroxyl groups is 1. The maximum absolute atomic E-state index is 9.63. The molecule has 102 valence electrons. The molecule has 0 spiro atoms. The van der Waals surface area contributed by atoms with Gasteiger partial charge in [0, 0.05) is 12.5 Å². The average Bonchev–Trinajstić information content (AvgIpc) is 2.72. The van der Waals surface area contributed by atoms with Crippen LogP contribution in [0, 0.1) is 6.92 Å². The van der Waals surface area contributed by atoms with Crippen LogP contribution in [-0.2, 0) is 13.0 Å². The van der Waals surface area contributed by atoms with Gasteiger partial charge in [-0.1, -0.05) is 41.9 Å². The van der Waals surface area contributed by atoms with Crippen LogP contribution in [0.3, 0.4) is 0 Å². The molecule has 0 amide bonds. The maximum Gasteiger partial charge on any atom is 0.0847 e. The first-order valence-electron chi connectivity index (χ1n) is 6.55. The number of aryl methyl sites for hydroxylation is 2. The molecule has 1 atom stereocenters. The second kappa shape index (κ2) is 6.22. The quantitative estimate of drug-likeness (QED) is 0.912. The van der Waals surface area contributed by atoms with Gasteiger partial charge in [-0.05, 0) is 25.8 Å². The Morgan fingerprint density at radius 2 is 2.00 bits per heavy atom. The van der Waals surface area contributed by atoms with Crippen LogP contribution in [0.1, 0.15) is 29.8 Å². The molecule has 3 nitrogen and oxygen atoms in total. The van der Waals surface area contributed by atoms with Crippen LogP contribution in [0.25, 0.3) is 0 Å². The van der Waals surface area contributed by atoms with E-state index in [2.05, 4.69) is 5.10 Å². The molecular formula is C15H19ClN2O. The van der Waals surface area contributed by atoms with Crippen molar-refractivity contribution in [3.8, 4) is 0 Å². The van der Waals surface area contributed by atoms with Gasteiger partial charge in [0.2, 0.25) is 0 Å². The molecule has 0 aliphatic carbocycles. The molecule has 0 aliphatic rings. The summed E-state index contributed by atoms with van der Waals surface area (Å²) in [5, 5.41) is 14.8. The van der Waals surface area contributed by atoms with Crippen molar-refractivity contribution in [1.29, 1.82) is 0 Å². The molecule has 1 heterocycles. The predicted molar refractivity (Wildman–Crippen MR) is 77.6 cm³/mol. The number of nitrogens with zero attached hydrogens (tertiary/aromatic N) is 2. The van der Waals surface area contributed by atoms with E-state index in [0.717, 1.165) is 28.5 Å². The van der Waals surface area contributed by atoms with E-state index in [0.29, 0.717) is 6.42 Å². The van der Waals surface area contributed by atoms with Crippen LogP contribution in [0.5, 0.6) is 0 Å². The minimum atomic E-state index is 0.0556. The van der Waals surface area contributed by atoms with Gasteiger partial charge in [-0.2, -0.15) is 5.10 Å². The molecule has 1 unspecified atom stereocenters. The Morgan fingerprint density at radius 1 is 1.32 bits per heavy atom. The van der Waals surface area contributed by atoms with Gasteiger partial charge >= 0.3 is 0 Å². The standard InChI is InChI=1S/C15H19ClN2O/c1-3-18-14(15(16)11(2)17-18)9-13(10-19)12-7-5-4-6-8-12/h4-8,13,19H,3,9-10H2,1-2H3. The summed E-state index contributed by atoms with van der Waals surface area (Å²) in [6.45, 7) is 4.85. The largest absolute Gasteiger partial charge is 0.396 e. The van der Waals surface area contributed by atoms with Crippen molar-refractivity contribution in [2.24, 2.45) is 0 Å². The number of hydrogen-bond donors (Lipinski definition) is 1. The van der Waals surface area contributed by atoms with E-state index < -0.39 is 0 Å². The first-order valence-corrected chi connectivity index (χ1v) is 6.92. The van der Waals surface area contributed by atoms with Crippen molar-refractivity contribution in [3.63, 3.8) is 0 Å². The number of halogens is 1. The van der Waals surface area contributed by atoms with E-state index in [4.69, 9.17) is 11.6 Å². The minimum absolute atomic E-state index is 0.0556. The summed E-state index contributed by atoms with van der Waals surface area (Å²) in [6, 6.07) is 10.0. The minimum Gasteiger partial charge on any atom is -0.396 e. The molecule has 2 aromatic rings. The molecule has 0 fully saturated rings.